The number of benzene rings is 1. The highest BCUT2D eigenvalue weighted by Crippen LogP contribution is 2.25. The van der Waals surface area contributed by atoms with Gasteiger partial charge in [-0.2, -0.15) is 0 Å². The zero-order valence-electron chi connectivity index (χ0n) is 13.1. The molecule has 1 aromatic rings. The molecule has 0 atom stereocenters. The lowest BCUT2D eigenvalue weighted by Crippen LogP contribution is -2.22. The maximum atomic E-state index is 5.82. The average molecular weight is 277 g/mol. The van der Waals surface area contributed by atoms with Gasteiger partial charge in [-0.3, -0.25) is 0 Å². The Morgan fingerprint density at radius 3 is 2.70 bits per heavy atom. The zero-order valence-corrected chi connectivity index (χ0v) is 13.1. The summed E-state index contributed by atoms with van der Waals surface area (Å²) in [6, 6.07) is 6.52. The van der Waals surface area contributed by atoms with Crippen molar-refractivity contribution in [3.05, 3.63) is 35.9 Å². The predicted molar refractivity (Wildman–Crippen MR) is 84.5 cm³/mol. The minimum atomic E-state index is 0.453. The molecule has 1 N–H and O–H groups in total. The monoisotopic (exact) mass is 277 g/mol. The van der Waals surface area contributed by atoms with Crippen molar-refractivity contribution in [2.45, 2.75) is 46.7 Å². The summed E-state index contributed by atoms with van der Waals surface area (Å²) in [7, 11) is 0. The third kappa shape index (κ3) is 6.11. The Bertz CT molecular complexity index is 413. The number of allylic oxidation sites excluding steroid dienone is 1. The van der Waals surface area contributed by atoms with Crippen molar-refractivity contribution in [3.63, 3.8) is 0 Å². The predicted octanol–water partition coefficient (Wildman–Crippen LogP) is 3.93. The molecule has 0 saturated heterocycles. The minimum Gasteiger partial charge on any atom is -0.493 e. The standard InChI is InChI=1S/C17H27NO2/c1-5-7-11-20-17-12-16(19-10-6-2)9-8-15(17)13-18-14(3)4/h5,7-9,12,14,18H,6,10-11,13H2,1-4H3/b7-5+. The molecule has 0 fully saturated rings. The number of nitrogens with one attached hydrogen (secondary N) is 1. The normalized spacial score (nSPS) is 11.2. The van der Waals surface area contributed by atoms with E-state index < -0.39 is 0 Å². The van der Waals surface area contributed by atoms with E-state index >= 15 is 0 Å². The minimum absolute atomic E-state index is 0.453. The average Bonchev–Trinajstić information content (AvgIpc) is 2.44. The van der Waals surface area contributed by atoms with Gasteiger partial charge in [0.1, 0.15) is 18.1 Å². The largest absolute Gasteiger partial charge is 0.493 e. The van der Waals surface area contributed by atoms with E-state index in [0.717, 1.165) is 36.6 Å². The van der Waals surface area contributed by atoms with Gasteiger partial charge in [0, 0.05) is 24.2 Å². The summed E-state index contributed by atoms with van der Waals surface area (Å²) in [6.45, 7) is 10.5. The highest BCUT2D eigenvalue weighted by atomic mass is 16.5. The van der Waals surface area contributed by atoms with Crippen LogP contribution in [0, 0.1) is 0 Å². The topological polar surface area (TPSA) is 30.5 Å². The van der Waals surface area contributed by atoms with Gasteiger partial charge in [0.25, 0.3) is 0 Å². The Morgan fingerprint density at radius 2 is 2.05 bits per heavy atom. The van der Waals surface area contributed by atoms with E-state index in [4.69, 9.17) is 9.47 Å². The summed E-state index contributed by atoms with van der Waals surface area (Å²) in [5, 5.41) is 3.42. The van der Waals surface area contributed by atoms with Crippen LogP contribution in [0.1, 0.15) is 39.7 Å². The van der Waals surface area contributed by atoms with E-state index in [2.05, 4.69) is 32.2 Å². The van der Waals surface area contributed by atoms with E-state index in [-0.39, 0.29) is 0 Å². The fraction of sp³-hybridized carbons (Fsp3) is 0.529. The molecule has 1 aromatic carbocycles. The van der Waals surface area contributed by atoms with Crippen molar-refractivity contribution in [2.24, 2.45) is 0 Å². The second-order valence-corrected chi connectivity index (χ2v) is 5.03. The van der Waals surface area contributed by atoms with Crippen LogP contribution in [0.5, 0.6) is 11.5 Å². The van der Waals surface area contributed by atoms with Crippen LogP contribution in [0.25, 0.3) is 0 Å². The van der Waals surface area contributed by atoms with E-state index in [1.54, 1.807) is 0 Å². The molecular weight excluding hydrogens is 250 g/mol. The van der Waals surface area contributed by atoms with Crippen LogP contribution in [-0.4, -0.2) is 19.3 Å². The third-order valence-corrected chi connectivity index (χ3v) is 2.78. The van der Waals surface area contributed by atoms with Gasteiger partial charge >= 0.3 is 0 Å². The quantitative estimate of drug-likeness (QED) is 0.694. The molecule has 0 spiro atoms. The van der Waals surface area contributed by atoms with Crippen LogP contribution in [0.4, 0.5) is 0 Å². The molecule has 0 aliphatic carbocycles. The van der Waals surface area contributed by atoms with Crippen molar-refractivity contribution < 1.29 is 9.47 Å². The first-order chi connectivity index (χ1) is 9.67. The van der Waals surface area contributed by atoms with Gasteiger partial charge < -0.3 is 14.8 Å². The molecule has 112 valence electrons. The Kier molecular flexibility index (Phi) is 7.81. The highest BCUT2D eigenvalue weighted by Gasteiger charge is 2.06. The Morgan fingerprint density at radius 1 is 1.25 bits per heavy atom. The molecule has 3 nitrogen and oxygen atoms in total. The van der Waals surface area contributed by atoms with Crippen LogP contribution in [0.15, 0.2) is 30.4 Å². The van der Waals surface area contributed by atoms with Gasteiger partial charge in [0.2, 0.25) is 0 Å². The first kappa shape index (κ1) is 16.6. The number of ether oxygens (including phenoxy) is 2. The van der Waals surface area contributed by atoms with Crippen LogP contribution in [0.3, 0.4) is 0 Å². The maximum absolute atomic E-state index is 5.82. The van der Waals surface area contributed by atoms with Crippen LogP contribution in [-0.2, 0) is 6.54 Å². The third-order valence-electron chi connectivity index (χ3n) is 2.78. The van der Waals surface area contributed by atoms with E-state index in [1.807, 2.05) is 31.2 Å². The molecule has 0 heterocycles. The Balaban J connectivity index is 2.78. The molecule has 0 bridgehead atoms. The van der Waals surface area contributed by atoms with Crippen molar-refractivity contribution in [1.82, 2.24) is 5.32 Å². The van der Waals surface area contributed by atoms with Gasteiger partial charge in [-0.15, -0.1) is 0 Å². The molecule has 0 amide bonds. The highest BCUT2D eigenvalue weighted by molar-refractivity contribution is 5.41. The van der Waals surface area contributed by atoms with Crippen LogP contribution in [0.2, 0.25) is 0 Å². The van der Waals surface area contributed by atoms with Gasteiger partial charge in [-0.1, -0.05) is 39.0 Å². The van der Waals surface area contributed by atoms with Crippen LogP contribution < -0.4 is 14.8 Å². The lowest BCUT2D eigenvalue weighted by Gasteiger charge is -2.15. The van der Waals surface area contributed by atoms with Crippen molar-refractivity contribution in [2.75, 3.05) is 13.2 Å². The fourth-order valence-corrected chi connectivity index (χ4v) is 1.67. The second-order valence-electron chi connectivity index (χ2n) is 5.03. The van der Waals surface area contributed by atoms with Crippen molar-refractivity contribution in [1.29, 1.82) is 0 Å². The van der Waals surface area contributed by atoms with Crippen molar-refractivity contribution >= 4 is 0 Å². The summed E-state index contributed by atoms with van der Waals surface area (Å²) < 4.78 is 11.5. The van der Waals surface area contributed by atoms with E-state index in [0.29, 0.717) is 12.6 Å². The van der Waals surface area contributed by atoms with Gasteiger partial charge in [0.15, 0.2) is 0 Å². The van der Waals surface area contributed by atoms with E-state index in [1.165, 1.54) is 0 Å². The zero-order chi connectivity index (χ0) is 14.8. The Hall–Kier alpha value is -1.48. The molecule has 0 saturated carbocycles. The van der Waals surface area contributed by atoms with Crippen molar-refractivity contribution in [3.8, 4) is 11.5 Å². The molecule has 0 aliphatic heterocycles. The van der Waals surface area contributed by atoms with Crippen LogP contribution >= 0.6 is 0 Å². The first-order valence-electron chi connectivity index (χ1n) is 7.40. The Labute approximate surface area is 123 Å². The lowest BCUT2D eigenvalue weighted by molar-refractivity contribution is 0.311. The van der Waals surface area contributed by atoms with Gasteiger partial charge in [0.05, 0.1) is 6.61 Å². The molecule has 3 heteroatoms. The number of rotatable bonds is 9. The molecule has 0 aromatic heterocycles. The summed E-state index contributed by atoms with van der Waals surface area (Å²) in [5.74, 6) is 1.76. The lowest BCUT2D eigenvalue weighted by atomic mass is 10.2. The molecule has 1 rings (SSSR count). The molecule has 0 unspecified atom stereocenters. The summed E-state index contributed by atoms with van der Waals surface area (Å²) in [6.07, 6.45) is 4.99. The van der Waals surface area contributed by atoms with Gasteiger partial charge in [-0.05, 0) is 19.4 Å². The maximum Gasteiger partial charge on any atom is 0.127 e. The molecule has 0 radical (unpaired) electrons. The number of hydrogen-bond donors (Lipinski definition) is 1. The summed E-state index contributed by atoms with van der Waals surface area (Å²) >= 11 is 0. The SMILES string of the molecule is C/C=C/COc1cc(OCCC)ccc1CNC(C)C. The van der Waals surface area contributed by atoms with Gasteiger partial charge in [-0.25, -0.2) is 0 Å². The summed E-state index contributed by atoms with van der Waals surface area (Å²) in [5.41, 5.74) is 1.16. The first-order valence-corrected chi connectivity index (χ1v) is 7.40. The summed E-state index contributed by atoms with van der Waals surface area (Å²) in [4.78, 5) is 0. The fourth-order valence-electron chi connectivity index (χ4n) is 1.67. The smallest absolute Gasteiger partial charge is 0.127 e. The number of hydrogen-bond acceptors (Lipinski definition) is 3. The molecular formula is C17H27NO2. The second kappa shape index (κ2) is 9.43. The molecule has 0 aliphatic rings. The van der Waals surface area contributed by atoms with E-state index in [9.17, 15) is 0 Å². The molecule has 20 heavy (non-hydrogen) atoms.